The Morgan fingerprint density at radius 1 is 0.920 bits per heavy atom. The second-order valence-electron chi connectivity index (χ2n) is 6.04. The van der Waals surface area contributed by atoms with Crippen molar-refractivity contribution in [3.05, 3.63) is 81.5 Å². The lowest BCUT2D eigenvalue weighted by atomic mass is 10.1. The molecule has 1 heterocycles. The van der Waals surface area contributed by atoms with E-state index in [2.05, 4.69) is 66.2 Å². The van der Waals surface area contributed by atoms with Crippen LogP contribution >= 0.6 is 11.3 Å². The second-order valence-corrected chi connectivity index (χ2v) is 7.07. The average Bonchev–Trinajstić information content (AvgIpc) is 3.15. The van der Waals surface area contributed by atoms with E-state index in [-0.39, 0.29) is 0 Å². The van der Waals surface area contributed by atoms with Crippen molar-refractivity contribution in [3.8, 4) is 11.5 Å². The summed E-state index contributed by atoms with van der Waals surface area (Å²) in [5.74, 6) is 1.57. The number of ether oxygens (including phenoxy) is 2. The molecule has 0 fully saturated rings. The molecular weight excluding hydrogens is 330 g/mol. The summed E-state index contributed by atoms with van der Waals surface area (Å²) in [4.78, 5) is 1.39. The number of aryl methyl sites for hydroxylation is 1. The number of nitrogens with two attached hydrogens (primary N) is 1. The van der Waals surface area contributed by atoms with Gasteiger partial charge in [0.25, 0.3) is 0 Å². The Morgan fingerprint density at radius 3 is 2.44 bits per heavy atom. The van der Waals surface area contributed by atoms with Gasteiger partial charge in [-0.05, 0) is 42.1 Å². The van der Waals surface area contributed by atoms with Crippen molar-refractivity contribution >= 4 is 11.3 Å². The van der Waals surface area contributed by atoms with E-state index < -0.39 is 0 Å². The van der Waals surface area contributed by atoms with Crippen LogP contribution in [0.2, 0.25) is 0 Å². The molecule has 0 amide bonds. The van der Waals surface area contributed by atoms with Gasteiger partial charge >= 0.3 is 0 Å². The summed E-state index contributed by atoms with van der Waals surface area (Å²) in [6.07, 6.45) is 0. The van der Waals surface area contributed by atoms with Crippen LogP contribution in [0.1, 0.15) is 21.6 Å². The third-order valence-corrected chi connectivity index (χ3v) is 4.95. The Labute approximate surface area is 153 Å². The van der Waals surface area contributed by atoms with E-state index >= 15 is 0 Å². The molecule has 2 N–H and O–H groups in total. The van der Waals surface area contributed by atoms with Gasteiger partial charge in [-0.1, -0.05) is 35.9 Å². The van der Waals surface area contributed by atoms with Gasteiger partial charge in [-0.3, -0.25) is 0 Å². The second kappa shape index (κ2) is 8.70. The molecule has 3 nitrogen and oxygen atoms in total. The van der Waals surface area contributed by atoms with Crippen molar-refractivity contribution in [2.24, 2.45) is 0 Å². The summed E-state index contributed by atoms with van der Waals surface area (Å²) in [6.45, 7) is 4.56. The van der Waals surface area contributed by atoms with Crippen LogP contribution in [-0.4, -0.2) is 7.11 Å². The Balaban J connectivity index is 1.57. The van der Waals surface area contributed by atoms with Crippen LogP contribution in [-0.2, 0) is 19.7 Å². The molecule has 130 valence electrons. The van der Waals surface area contributed by atoms with Crippen LogP contribution in [0.15, 0.2) is 60.0 Å². The van der Waals surface area contributed by atoms with Crippen molar-refractivity contribution < 1.29 is 14.8 Å². The number of rotatable bonds is 8. The first kappa shape index (κ1) is 17.5. The van der Waals surface area contributed by atoms with Gasteiger partial charge in [0.2, 0.25) is 0 Å². The predicted molar refractivity (Wildman–Crippen MR) is 102 cm³/mol. The largest absolute Gasteiger partial charge is 0.493 e. The van der Waals surface area contributed by atoms with Crippen LogP contribution in [0, 0.1) is 6.92 Å². The molecule has 2 aromatic carbocycles. The third kappa shape index (κ3) is 5.08. The number of quaternary nitrogens is 1. The van der Waals surface area contributed by atoms with E-state index in [1.165, 1.54) is 16.0 Å². The summed E-state index contributed by atoms with van der Waals surface area (Å²) in [7, 11) is 1.69. The van der Waals surface area contributed by atoms with E-state index in [1.54, 1.807) is 18.4 Å². The van der Waals surface area contributed by atoms with Crippen LogP contribution in [0.4, 0.5) is 0 Å². The minimum absolute atomic E-state index is 0.542. The highest BCUT2D eigenvalue weighted by Crippen LogP contribution is 2.28. The Hall–Kier alpha value is -2.30. The van der Waals surface area contributed by atoms with Gasteiger partial charge in [-0.15, -0.1) is 11.3 Å². The van der Waals surface area contributed by atoms with E-state index in [9.17, 15) is 0 Å². The first-order valence-corrected chi connectivity index (χ1v) is 9.32. The Bertz CT molecular complexity index is 782. The molecule has 0 unspecified atom stereocenters. The van der Waals surface area contributed by atoms with E-state index in [0.717, 1.165) is 30.2 Å². The molecule has 0 radical (unpaired) electrons. The Kier molecular flexibility index (Phi) is 6.09. The molecule has 0 bridgehead atoms. The fourth-order valence-electron chi connectivity index (χ4n) is 2.61. The number of hydrogen-bond donors (Lipinski definition) is 1. The summed E-state index contributed by atoms with van der Waals surface area (Å²) >= 11 is 1.80. The molecule has 4 heteroatoms. The van der Waals surface area contributed by atoms with Gasteiger partial charge < -0.3 is 14.8 Å². The Morgan fingerprint density at radius 2 is 1.72 bits per heavy atom. The van der Waals surface area contributed by atoms with Crippen molar-refractivity contribution in [1.82, 2.24) is 0 Å². The quantitative estimate of drug-likeness (QED) is 0.666. The molecule has 0 aliphatic heterocycles. The zero-order chi connectivity index (χ0) is 17.5. The van der Waals surface area contributed by atoms with Crippen LogP contribution < -0.4 is 14.8 Å². The molecule has 1 aromatic heterocycles. The molecule has 0 spiro atoms. The number of methoxy groups -OCH3 is 1. The number of benzene rings is 2. The average molecular weight is 354 g/mol. The monoisotopic (exact) mass is 354 g/mol. The molecule has 25 heavy (non-hydrogen) atoms. The van der Waals surface area contributed by atoms with Crippen molar-refractivity contribution in [1.29, 1.82) is 0 Å². The SMILES string of the molecule is COc1cc(C[NH2+]Cc2cccs2)ccc1OCc1ccc(C)cc1. The highest BCUT2D eigenvalue weighted by atomic mass is 32.1. The summed E-state index contributed by atoms with van der Waals surface area (Å²) in [5.41, 5.74) is 3.64. The van der Waals surface area contributed by atoms with Crippen LogP contribution in [0.5, 0.6) is 11.5 Å². The van der Waals surface area contributed by atoms with E-state index in [0.29, 0.717) is 6.61 Å². The van der Waals surface area contributed by atoms with Gasteiger partial charge in [0.15, 0.2) is 11.5 Å². The predicted octanol–water partition coefficient (Wildman–Crippen LogP) is 3.91. The first-order chi connectivity index (χ1) is 12.2. The minimum Gasteiger partial charge on any atom is -0.493 e. The molecule has 0 saturated heterocycles. The van der Waals surface area contributed by atoms with Crippen molar-refractivity contribution in [2.75, 3.05) is 7.11 Å². The maximum Gasteiger partial charge on any atom is 0.161 e. The zero-order valence-corrected chi connectivity index (χ0v) is 15.5. The van der Waals surface area contributed by atoms with E-state index in [1.807, 2.05) is 6.07 Å². The zero-order valence-electron chi connectivity index (χ0n) is 14.7. The van der Waals surface area contributed by atoms with Gasteiger partial charge in [0, 0.05) is 5.56 Å². The summed E-state index contributed by atoms with van der Waals surface area (Å²) < 4.78 is 11.4. The number of hydrogen-bond acceptors (Lipinski definition) is 3. The lowest BCUT2D eigenvalue weighted by Crippen LogP contribution is -2.80. The molecule has 0 aliphatic rings. The standard InChI is InChI=1S/C21H23NO2S/c1-16-5-7-17(8-6-16)15-24-20-10-9-18(12-21(20)23-2)13-22-14-19-4-3-11-25-19/h3-12,22H,13-15H2,1-2H3/p+1. The molecule has 0 aliphatic carbocycles. The molecule has 0 atom stereocenters. The molecule has 0 saturated carbocycles. The van der Waals surface area contributed by atoms with E-state index in [4.69, 9.17) is 9.47 Å². The van der Waals surface area contributed by atoms with Crippen LogP contribution in [0.3, 0.4) is 0 Å². The van der Waals surface area contributed by atoms with Gasteiger partial charge in [0.1, 0.15) is 19.7 Å². The number of thiophene rings is 1. The topological polar surface area (TPSA) is 35.1 Å². The molecule has 3 rings (SSSR count). The smallest absolute Gasteiger partial charge is 0.161 e. The highest BCUT2D eigenvalue weighted by Gasteiger charge is 2.08. The molecular formula is C21H24NO2S+. The minimum atomic E-state index is 0.542. The first-order valence-electron chi connectivity index (χ1n) is 8.44. The van der Waals surface area contributed by atoms with Gasteiger partial charge in [-0.25, -0.2) is 0 Å². The third-order valence-electron chi connectivity index (χ3n) is 4.05. The maximum atomic E-state index is 5.94. The summed E-state index contributed by atoms with van der Waals surface area (Å²) in [5, 5.41) is 4.42. The fraction of sp³-hybridized carbons (Fsp3) is 0.238. The lowest BCUT2D eigenvalue weighted by Gasteiger charge is -2.12. The maximum absolute atomic E-state index is 5.94. The van der Waals surface area contributed by atoms with Crippen molar-refractivity contribution in [3.63, 3.8) is 0 Å². The van der Waals surface area contributed by atoms with Gasteiger partial charge in [0.05, 0.1) is 12.0 Å². The van der Waals surface area contributed by atoms with Crippen molar-refractivity contribution in [2.45, 2.75) is 26.6 Å². The highest BCUT2D eigenvalue weighted by molar-refractivity contribution is 7.09. The lowest BCUT2D eigenvalue weighted by molar-refractivity contribution is -0.685. The molecule has 3 aromatic rings. The summed E-state index contributed by atoms with van der Waals surface area (Å²) in [6, 6.07) is 18.8. The van der Waals surface area contributed by atoms with Gasteiger partial charge in [-0.2, -0.15) is 0 Å². The normalized spacial score (nSPS) is 10.6. The fourth-order valence-corrected chi connectivity index (χ4v) is 3.32. The van der Waals surface area contributed by atoms with Crippen LogP contribution in [0.25, 0.3) is 0 Å².